The number of hydrogen-bond donors (Lipinski definition) is 1. The maximum atomic E-state index is 4.13. The van der Waals surface area contributed by atoms with Crippen LogP contribution in [0.5, 0.6) is 0 Å². The normalized spacial score (nSPS) is 16.6. The molecule has 1 fully saturated rings. The predicted octanol–water partition coefficient (Wildman–Crippen LogP) is 1.64. The Kier molecular flexibility index (Phi) is 2.46. The van der Waals surface area contributed by atoms with E-state index in [0.717, 1.165) is 26.2 Å². The van der Waals surface area contributed by atoms with Crippen LogP contribution in [0.25, 0.3) is 10.8 Å². The van der Waals surface area contributed by atoms with Gasteiger partial charge < -0.3 is 10.2 Å². The molecule has 3 nitrogen and oxygen atoms in total. The molecule has 1 aromatic heterocycles. The van der Waals surface area contributed by atoms with Gasteiger partial charge in [-0.05, 0) is 23.6 Å². The molecule has 0 saturated carbocycles. The van der Waals surface area contributed by atoms with E-state index in [2.05, 4.69) is 39.5 Å². The molecule has 0 radical (unpaired) electrons. The summed E-state index contributed by atoms with van der Waals surface area (Å²) >= 11 is 0. The first-order valence-corrected chi connectivity index (χ1v) is 5.73. The zero-order chi connectivity index (χ0) is 10.8. The summed E-state index contributed by atoms with van der Waals surface area (Å²) in [6.07, 6.45) is 3.76. The van der Waals surface area contributed by atoms with E-state index in [9.17, 15) is 0 Å². The van der Waals surface area contributed by atoms with Crippen LogP contribution in [0.3, 0.4) is 0 Å². The molecule has 1 aliphatic heterocycles. The lowest BCUT2D eigenvalue weighted by Crippen LogP contribution is -2.43. The summed E-state index contributed by atoms with van der Waals surface area (Å²) in [6.45, 7) is 4.34. The third-order valence-electron chi connectivity index (χ3n) is 3.11. The topological polar surface area (TPSA) is 28.2 Å². The van der Waals surface area contributed by atoms with Crippen molar-refractivity contribution in [1.29, 1.82) is 0 Å². The van der Waals surface area contributed by atoms with Crippen molar-refractivity contribution in [2.24, 2.45) is 0 Å². The van der Waals surface area contributed by atoms with Crippen molar-refractivity contribution in [2.45, 2.75) is 0 Å². The minimum absolute atomic E-state index is 1.08. The summed E-state index contributed by atoms with van der Waals surface area (Å²) in [5.41, 5.74) is 1.32. The number of piperazine rings is 1. The Bertz CT molecular complexity index is 489. The van der Waals surface area contributed by atoms with Crippen LogP contribution in [0.2, 0.25) is 0 Å². The molecule has 0 aliphatic carbocycles. The monoisotopic (exact) mass is 213 g/mol. The maximum absolute atomic E-state index is 4.13. The first-order chi connectivity index (χ1) is 7.93. The lowest BCUT2D eigenvalue weighted by Gasteiger charge is -2.29. The molecule has 0 amide bonds. The Morgan fingerprint density at radius 1 is 1.06 bits per heavy atom. The van der Waals surface area contributed by atoms with E-state index >= 15 is 0 Å². The molecule has 0 unspecified atom stereocenters. The fourth-order valence-electron chi connectivity index (χ4n) is 2.19. The second kappa shape index (κ2) is 4.10. The quantitative estimate of drug-likeness (QED) is 0.780. The first kappa shape index (κ1) is 9.60. The Labute approximate surface area is 95.1 Å². The highest BCUT2D eigenvalue weighted by Crippen LogP contribution is 2.21. The van der Waals surface area contributed by atoms with Crippen LogP contribution in [0, 0.1) is 0 Å². The molecule has 0 spiro atoms. The molecule has 2 heterocycles. The zero-order valence-electron chi connectivity index (χ0n) is 9.19. The fourth-order valence-corrected chi connectivity index (χ4v) is 2.19. The van der Waals surface area contributed by atoms with Gasteiger partial charge >= 0.3 is 0 Å². The minimum Gasteiger partial charge on any atom is -0.369 e. The maximum Gasteiger partial charge on any atom is 0.0373 e. The Morgan fingerprint density at radius 3 is 2.81 bits per heavy atom. The average molecular weight is 213 g/mol. The third-order valence-corrected chi connectivity index (χ3v) is 3.11. The SMILES string of the molecule is c1cc2cc(N3CCNCC3)ccc2cn1. The molecule has 2 aromatic rings. The van der Waals surface area contributed by atoms with Gasteiger partial charge in [-0.25, -0.2) is 0 Å². The van der Waals surface area contributed by atoms with Gasteiger partial charge in [0.15, 0.2) is 0 Å². The largest absolute Gasteiger partial charge is 0.369 e. The number of rotatable bonds is 1. The van der Waals surface area contributed by atoms with E-state index in [4.69, 9.17) is 0 Å². The van der Waals surface area contributed by atoms with Crippen molar-refractivity contribution in [3.63, 3.8) is 0 Å². The minimum atomic E-state index is 1.08. The highest BCUT2D eigenvalue weighted by Gasteiger charge is 2.10. The van der Waals surface area contributed by atoms with Gasteiger partial charge in [0, 0.05) is 49.6 Å². The molecular weight excluding hydrogens is 198 g/mol. The van der Waals surface area contributed by atoms with Crippen LogP contribution in [0.15, 0.2) is 36.7 Å². The van der Waals surface area contributed by atoms with Crippen molar-refractivity contribution in [3.05, 3.63) is 36.7 Å². The number of fused-ring (bicyclic) bond motifs is 1. The van der Waals surface area contributed by atoms with E-state index in [1.807, 2.05) is 12.4 Å². The van der Waals surface area contributed by atoms with Gasteiger partial charge in [0.1, 0.15) is 0 Å². The van der Waals surface area contributed by atoms with Gasteiger partial charge in [-0.1, -0.05) is 6.07 Å². The second-order valence-electron chi connectivity index (χ2n) is 4.14. The molecule has 0 atom stereocenters. The van der Waals surface area contributed by atoms with Crippen LogP contribution in [-0.4, -0.2) is 31.2 Å². The number of nitrogens with one attached hydrogen (secondary N) is 1. The average Bonchev–Trinajstić information content (AvgIpc) is 2.39. The van der Waals surface area contributed by atoms with Crippen molar-refractivity contribution >= 4 is 16.5 Å². The summed E-state index contributed by atoms with van der Waals surface area (Å²) in [7, 11) is 0. The van der Waals surface area contributed by atoms with E-state index < -0.39 is 0 Å². The highest BCUT2D eigenvalue weighted by molar-refractivity contribution is 5.85. The lowest BCUT2D eigenvalue weighted by molar-refractivity contribution is 0.589. The van der Waals surface area contributed by atoms with Crippen LogP contribution in [0.1, 0.15) is 0 Å². The van der Waals surface area contributed by atoms with Gasteiger partial charge in [-0.2, -0.15) is 0 Å². The molecule has 1 N–H and O–H groups in total. The Morgan fingerprint density at radius 2 is 1.94 bits per heavy atom. The summed E-state index contributed by atoms with van der Waals surface area (Å²) in [4.78, 5) is 6.56. The third kappa shape index (κ3) is 1.74. The van der Waals surface area contributed by atoms with Gasteiger partial charge in [0.25, 0.3) is 0 Å². The van der Waals surface area contributed by atoms with Gasteiger partial charge in [0.05, 0.1) is 0 Å². The van der Waals surface area contributed by atoms with E-state index in [1.165, 1.54) is 16.5 Å². The molecule has 1 aliphatic rings. The number of pyridine rings is 1. The number of nitrogens with zero attached hydrogens (tertiary/aromatic N) is 2. The molecule has 16 heavy (non-hydrogen) atoms. The number of benzene rings is 1. The van der Waals surface area contributed by atoms with Crippen molar-refractivity contribution < 1.29 is 0 Å². The van der Waals surface area contributed by atoms with E-state index in [1.54, 1.807) is 0 Å². The molecule has 1 aromatic carbocycles. The van der Waals surface area contributed by atoms with Crippen LogP contribution in [-0.2, 0) is 0 Å². The highest BCUT2D eigenvalue weighted by atomic mass is 15.2. The summed E-state index contributed by atoms with van der Waals surface area (Å²) < 4.78 is 0. The molecule has 3 rings (SSSR count). The van der Waals surface area contributed by atoms with Gasteiger partial charge in [-0.15, -0.1) is 0 Å². The van der Waals surface area contributed by atoms with E-state index in [-0.39, 0.29) is 0 Å². The second-order valence-corrected chi connectivity index (χ2v) is 4.14. The van der Waals surface area contributed by atoms with Crippen molar-refractivity contribution in [1.82, 2.24) is 10.3 Å². The zero-order valence-corrected chi connectivity index (χ0v) is 9.19. The molecule has 3 heteroatoms. The lowest BCUT2D eigenvalue weighted by atomic mass is 10.1. The van der Waals surface area contributed by atoms with Gasteiger partial charge in [0.2, 0.25) is 0 Å². The first-order valence-electron chi connectivity index (χ1n) is 5.73. The van der Waals surface area contributed by atoms with Crippen LogP contribution < -0.4 is 10.2 Å². The predicted molar refractivity (Wildman–Crippen MR) is 66.8 cm³/mol. The van der Waals surface area contributed by atoms with Crippen molar-refractivity contribution in [3.8, 4) is 0 Å². The summed E-state index contributed by atoms with van der Waals surface area (Å²) in [6, 6.07) is 8.67. The molecule has 1 saturated heterocycles. The Balaban J connectivity index is 1.97. The molecular formula is C13H15N3. The van der Waals surface area contributed by atoms with Crippen LogP contribution >= 0.6 is 0 Å². The summed E-state index contributed by atoms with van der Waals surface area (Å²) in [5, 5.41) is 5.85. The standard InChI is InChI=1S/C13H15N3/c1-2-13(16-7-5-14-6-8-16)9-11-3-4-15-10-12(1)11/h1-4,9-10,14H,5-8H2. The smallest absolute Gasteiger partial charge is 0.0373 e. The molecule has 0 bridgehead atoms. The number of aromatic nitrogens is 1. The number of hydrogen-bond acceptors (Lipinski definition) is 3. The van der Waals surface area contributed by atoms with Crippen molar-refractivity contribution in [2.75, 3.05) is 31.1 Å². The van der Waals surface area contributed by atoms with Crippen LogP contribution in [0.4, 0.5) is 5.69 Å². The summed E-state index contributed by atoms with van der Waals surface area (Å²) in [5.74, 6) is 0. The molecule has 82 valence electrons. The van der Waals surface area contributed by atoms with Gasteiger partial charge in [-0.3, -0.25) is 4.98 Å². The van der Waals surface area contributed by atoms with E-state index in [0.29, 0.717) is 0 Å². The number of anilines is 1. The Hall–Kier alpha value is -1.61. The fraction of sp³-hybridized carbons (Fsp3) is 0.308.